The molecule has 2 aliphatic rings. The van der Waals surface area contributed by atoms with E-state index in [2.05, 4.69) is 22.3 Å². The van der Waals surface area contributed by atoms with Gasteiger partial charge in [-0.2, -0.15) is 0 Å². The van der Waals surface area contributed by atoms with Gasteiger partial charge in [0.1, 0.15) is 18.5 Å². The summed E-state index contributed by atoms with van der Waals surface area (Å²) in [6.07, 6.45) is 4.03. The van der Waals surface area contributed by atoms with E-state index in [1.165, 1.54) is 0 Å². The second-order valence-electron chi connectivity index (χ2n) is 7.94. The second-order valence-corrected chi connectivity index (χ2v) is 7.94. The molecule has 1 aromatic carbocycles. The van der Waals surface area contributed by atoms with Gasteiger partial charge in [0.2, 0.25) is 0 Å². The van der Waals surface area contributed by atoms with Crippen molar-refractivity contribution in [3.63, 3.8) is 0 Å². The second kappa shape index (κ2) is 8.47. The highest BCUT2D eigenvalue weighted by Crippen LogP contribution is 2.44. The summed E-state index contributed by atoms with van der Waals surface area (Å²) < 4.78 is 13.0. The number of aromatic nitrogens is 1. The van der Waals surface area contributed by atoms with E-state index in [0.717, 1.165) is 60.9 Å². The van der Waals surface area contributed by atoms with Crippen molar-refractivity contribution >= 4 is 11.4 Å². The van der Waals surface area contributed by atoms with Gasteiger partial charge in [-0.05, 0) is 43.9 Å². The van der Waals surface area contributed by atoms with E-state index in [9.17, 15) is 4.79 Å². The Bertz CT molecular complexity index is 895. The molecule has 0 aliphatic carbocycles. The lowest BCUT2D eigenvalue weighted by atomic mass is 9.99. The SMILES string of the molecule is Cc1cc(C2Nc3ccc(OCCN)cc3N2CC2CCOCC2)cn(C)c1=O. The summed E-state index contributed by atoms with van der Waals surface area (Å²) in [5.74, 6) is 1.39. The molecule has 0 spiro atoms. The van der Waals surface area contributed by atoms with Crippen LogP contribution in [0.3, 0.4) is 0 Å². The molecule has 1 aromatic heterocycles. The normalized spacial score (nSPS) is 19.1. The predicted molar refractivity (Wildman–Crippen MR) is 115 cm³/mol. The summed E-state index contributed by atoms with van der Waals surface area (Å²) in [4.78, 5) is 14.6. The van der Waals surface area contributed by atoms with E-state index in [0.29, 0.717) is 19.1 Å². The Hall–Kier alpha value is -2.51. The lowest BCUT2D eigenvalue weighted by molar-refractivity contribution is 0.0679. The van der Waals surface area contributed by atoms with E-state index in [4.69, 9.17) is 15.2 Å². The zero-order chi connectivity index (χ0) is 20.4. The van der Waals surface area contributed by atoms with Crippen LogP contribution < -0.4 is 26.2 Å². The van der Waals surface area contributed by atoms with Gasteiger partial charge in [0, 0.05) is 56.7 Å². The first-order chi connectivity index (χ1) is 14.1. The number of hydrogen-bond acceptors (Lipinski definition) is 6. The van der Waals surface area contributed by atoms with Crippen molar-refractivity contribution in [2.45, 2.75) is 25.9 Å². The number of rotatable bonds is 6. The lowest BCUT2D eigenvalue weighted by Crippen LogP contribution is -2.35. The van der Waals surface area contributed by atoms with Gasteiger partial charge in [-0.1, -0.05) is 0 Å². The molecule has 3 heterocycles. The Morgan fingerprint density at radius 2 is 2.07 bits per heavy atom. The monoisotopic (exact) mass is 398 g/mol. The zero-order valence-electron chi connectivity index (χ0n) is 17.2. The van der Waals surface area contributed by atoms with Crippen molar-refractivity contribution in [2.24, 2.45) is 18.7 Å². The molecule has 0 bridgehead atoms. The standard InChI is InChI=1S/C22H30N4O3/c1-15-11-17(14-25(2)22(15)27)21-24-19-4-3-18(29-10-7-23)12-20(19)26(21)13-16-5-8-28-9-6-16/h3-4,11-12,14,16,21,24H,5-10,13,23H2,1-2H3. The first kappa shape index (κ1) is 19.8. The Labute approximate surface area is 171 Å². The topological polar surface area (TPSA) is 81.8 Å². The zero-order valence-corrected chi connectivity index (χ0v) is 17.2. The third-order valence-electron chi connectivity index (χ3n) is 5.76. The van der Waals surface area contributed by atoms with E-state index in [1.807, 2.05) is 32.3 Å². The van der Waals surface area contributed by atoms with Gasteiger partial charge in [-0.3, -0.25) is 4.79 Å². The van der Waals surface area contributed by atoms with E-state index >= 15 is 0 Å². The lowest BCUT2D eigenvalue weighted by Gasteiger charge is -2.33. The summed E-state index contributed by atoms with van der Waals surface area (Å²) in [5, 5.41) is 3.65. The molecule has 29 heavy (non-hydrogen) atoms. The van der Waals surface area contributed by atoms with Gasteiger partial charge in [0.25, 0.3) is 5.56 Å². The minimum atomic E-state index is -0.0249. The predicted octanol–water partition coefficient (Wildman–Crippen LogP) is 2.39. The molecule has 7 heteroatoms. The van der Waals surface area contributed by atoms with Gasteiger partial charge in [0.05, 0.1) is 11.4 Å². The van der Waals surface area contributed by atoms with Crippen molar-refractivity contribution < 1.29 is 9.47 Å². The molecule has 1 unspecified atom stereocenters. The number of fused-ring (bicyclic) bond motifs is 1. The van der Waals surface area contributed by atoms with Gasteiger partial charge in [-0.15, -0.1) is 0 Å². The smallest absolute Gasteiger partial charge is 0.253 e. The van der Waals surface area contributed by atoms with Crippen LogP contribution in [0.5, 0.6) is 5.75 Å². The van der Waals surface area contributed by atoms with Gasteiger partial charge in [0.15, 0.2) is 0 Å². The molecule has 1 saturated heterocycles. The molecule has 7 nitrogen and oxygen atoms in total. The van der Waals surface area contributed by atoms with Crippen LogP contribution in [-0.2, 0) is 11.8 Å². The van der Waals surface area contributed by atoms with Crippen LogP contribution in [0.1, 0.15) is 30.1 Å². The summed E-state index contributed by atoms with van der Waals surface area (Å²) in [6, 6.07) is 8.12. The number of ether oxygens (including phenoxy) is 2. The molecule has 1 fully saturated rings. The number of benzene rings is 1. The summed E-state index contributed by atoms with van der Waals surface area (Å²) in [7, 11) is 1.81. The Kier molecular flexibility index (Phi) is 5.78. The Balaban J connectivity index is 1.68. The first-order valence-corrected chi connectivity index (χ1v) is 10.3. The number of anilines is 2. The summed E-state index contributed by atoms with van der Waals surface area (Å²) in [5.41, 5.74) is 9.67. The highest BCUT2D eigenvalue weighted by molar-refractivity contribution is 5.78. The van der Waals surface area contributed by atoms with Crippen LogP contribution in [0.2, 0.25) is 0 Å². The van der Waals surface area contributed by atoms with Gasteiger partial charge < -0.3 is 30.0 Å². The summed E-state index contributed by atoms with van der Waals surface area (Å²) in [6.45, 7) is 5.42. The highest BCUT2D eigenvalue weighted by atomic mass is 16.5. The van der Waals surface area contributed by atoms with Crippen LogP contribution in [0.25, 0.3) is 0 Å². The fourth-order valence-electron chi connectivity index (χ4n) is 4.24. The number of aryl methyl sites for hydroxylation is 2. The fourth-order valence-corrected chi connectivity index (χ4v) is 4.24. The molecule has 2 aromatic rings. The number of nitrogens with one attached hydrogen (secondary N) is 1. The van der Waals surface area contributed by atoms with Gasteiger partial charge in [-0.25, -0.2) is 0 Å². The molecule has 0 amide bonds. The fraction of sp³-hybridized carbons (Fsp3) is 0.500. The quantitative estimate of drug-likeness (QED) is 0.778. The largest absolute Gasteiger partial charge is 0.492 e. The molecule has 2 aliphatic heterocycles. The van der Waals surface area contributed by atoms with Crippen molar-refractivity contribution in [1.29, 1.82) is 0 Å². The molecule has 0 radical (unpaired) electrons. The number of nitrogens with zero attached hydrogens (tertiary/aromatic N) is 2. The molecule has 3 N–H and O–H groups in total. The molecule has 4 rings (SSSR count). The van der Waals surface area contributed by atoms with Crippen molar-refractivity contribution in [1.82, 2.24) is 4.57 Å². The third kappa shape index (κ3) is 4.11. The highest BCUT2D eigenvalue weighted by Gasteiger charge is 2.33. The maximum atomic E-state index is 12.2. The van der Waals surface area contributed by atoms with Crippen molar-refractivity contribution in [2.75, 3.05) is 43.1 Å². The minimum Gasteiger partial charge on any atom is -0.492 e. The average molecular weight is 399 g/mol. The minimum absolute atomic E-state index is 0.0249. The van der Waals surface area contributed by atoms with Crippen LogP contribution in [0, 0.1) is 12.8 Å². The van der Waals surface area contributed by atoms with Crippen LogP contribution in [-0.4, -0.2) is 37.5 Å². The first-order valence-electron chi connectivity index (χ1n) is 10.3. The van der Waals surface area contributed by atoms with Crippen LogP contribution >= 0.6 is 0 Å². The number of nitrogens with two attached hydrogens (primary N) is 1. The molecule has 156 valence electrons. The maximum absolute atomic E-state index is 12.2. The molecule has 1 atom stereocenters. The molecular weight excluding hydrogens is 368 g/mol. The summed E-state index contributed by atoms with van der Waals surface area (Å²) >= 11 is 0. The van der Waals surface area contributed by atoms with Crippen LogP contribution in [0.15, 0.2) is 35.3 Å². The number of pyridine rings is 1. The average Bonchev–Trinajstić information content (AvgIpc) is 3.08. The third-order valence-corrected chi connectivity index (χ3v) is 5.76. The number of hydrogen-bond donors (Lipinski definition) is 2. The van der Waals surface area contributed by atoms with E-state index < -0.39 is 0 Å². The Morgan fingerprint density at radius 3 is 2.79 bits per heavy atom. The van der Waals surface area contributed by atoms with E-state index in [1.54, 1.807) is 4.57 Å². The molecular formula is C22H30N4O3. The van der Waals surface area contributed by atoms with Crippen molar-refractivity contribution in [3.8, 4) is 5.75 Å². The van der Waals surface area contributed by atoms with Gasteiger partial charge >= 0.3 is 0 Å². The molecule has 0 saturated carbocycles. The van der Waals surface area contributed by atoms with E-state index in [-0.39, 0.29) is 11.7 Å². The van der Waals surface area contributed by atoms with Crippen molar-refractivity contribution in [3.05, 3.63) is 51.9 Å². The maximum Gasteiger partial charge on any atom is 0.253 e. The Morgan fingerprint density at radius 1 is 1.28 bits per heavy atom. The van der Waals surface area contributed by atoms with Crippen LogP contribution in [0.4, 0.5) is 11.4 Å².